The van der Waals surface area contributed by atoms with Crippen LogP contribution in [0.25, 0.3) is 0 Å². The van der Waals surface area contributed by atoms with E-state index in [0.29, 0.717) is 11.3 Å². The van der Waals surface area contributed by atoms with Crippen molar-refractivity contribution in [2.75, 3.05) is 12.9 Å². The number of ether oxygens (including phenoxy) is 1. The summed E-state index contributed by atoms with van der Waals surface area (Å²) in [6.07, 6.45) is 0. The molecule has 0 aliphatic rings. The Labute approximate surface area is 93.0 Å². The van der Waals surface area contributed by atoms with Crippen LogP contribution in [0.5, 0.6) is 0 Å². The molecule has 0 atom stereocenters. The number of methoxy groups -OCH3 is 1. The number of thioether (sulfide) groups is 1. The van der Waals surface area contributed by atoms with Crippen LogP contribution in [0.2, 0.25) is 0 Å². The van der Waals surface area contributed by atoms with Gasteiger partial charge in [-0.05, 0) is 12.1 Å². The normalized spacial score (nSPS) is 8.87. The predicted molar refractivity (Wildman–Crippen MR) is 60.5 cm³/mol. The van der Waals surface area contributed by atoms with Gasteiger partial charge in [0.05, 0.1) is 18.4 Å². The number of rotatable bonds is 3. The van der Waals surface area contributed by atoms with Gasteiger partial charge in [-0.15, -0.1) is 11.8 Å². The molecule has 0 aromatic heterocycles. The minimum atomic E-state index is -0.334. The fourth-order valence-corrected chi connectivity index (χ4v) is 1.82. The van der Waals surface area contributed by atoms with Crippen molar-refractivity contribution in [1.29, 1.82) is 0 Å². The van der Waals surface area contributed by atoms with Crippen molar-refractivity contribution in [3.63, 3.8) is 0 Å². The lowest BCUT2D eigenvalue weighted by Crippen LogP contribution is -2.02. The number of esters is 1. The molecule has 0 radical (unpaired) electrons. The molecule has 4 heteroatoms. The van der Waals surface area contributed by atoms with Crippen molar-refractivity contribution in [2.24, 2.45) is 5.73 Å². The molecule has 1 aromatic carbocycles. The van der Waals surface area contributed by atoms with Gasteiger partial charge in [0.15, 0.2) is 0 Å². The minimum Gasteiger partial charge on any atom is -0.465 e. The first-order valence-electron chi connectivity index (χ1n) is 4.28. The summed E-state index contributed by atoms with van der Waals surface area (Å²) in [4.78, 5) is 12.2. The molecule has 2 N–H and O–H groups in total. The summed E-state index contributed by atoms with van der Waals surface area (Å²) < 4.78 is 4.67. The fraction of sp³-hybridized carbons (Fsp3) is 0.182. The Kier molecular flexibility index (Phi) is 4.58. The molecule has 0 fully saturated rings. The summed E-state index contributed by atoms with van der Waals surface area (Å²) in [5, 5.41) is 0. The Morgan fingerprint density at radius 1 is 1.53 bits per heavy atom. The second-order valence-electron chi connectivity index (χ2n) is 2.60. The first-order valence-corrected chi connectivity index (χ1v) is 5.26. The highest BCUT2D eigenvalue weighted by Gasteiger charge is 2.10. The lowest BCUT2D eigenvalue weighted by atomic mass is 10.2. The Bertz CT molecular complexity index is 407. The summed E-state index contributed by atoms with van der Waals surface area (Å²) in [6.45, 7) is 0. The molecule has 0 spiro atoms. The summed E-state index contributed by atoms with van der Waals surface area (Å²) in [6, 6.07) is 9.56. The van der Waals surface area contributed by atoms with E-state index in [4.69, 9.17) is 5.73 Å². The van der Waals surface area contributed by atoms with Crippen LogP contribution in [0.15, 0.2) is 29.2 Å². The van der Waals surface area contributed by atoms with Crippen LogP contribution in [0.3, 0.4) is 0 Å². The van der Waals surface area contributed by atoms with E-state index in [1.165, 1.54) is 18.9 Å². The smallest absolute Gasteiger partial charge is 0.338 e. The quantitative estimate of drug-likeness (QED) is 0.363. The van der Waals surface area contributed by atoms with Crippen molar-refractivity contribution in [3.05, 3.63) is 29.8 Å². The van der Waals surface area contributed by atoms with E-state index in [1.807, 2.05) is 12.1 Å². The van der Waals surface area contributed by atoms with Crippen LogP contribution < -0.4 is 5.73 Å². The number of hydrogen-bond acceptors (Lipinski definition) is 4. The average Bonchev–Trinajstić information content (AvgIpc) is 2.29. The number of carbonyl (C=O) groups excluding carboxylic acids is 1. The van der Waals surface area contributed by atoms with Crippen molar-refractivity contribution in [2.45, 2.75) is 4.90 Å². The second kappa shape index (κ2) is 5.99. The maximum absolute atomic E-state index is 11.4. The van der Waals surface area contributed by atoms with Gasteiger partial charge in [0.25, 0.3) is 0 Å². The Hall–Kier alpha value is -1.60. The van der Waals surface area contributed by atoms with Crippen molar-refractivity contribution >= 4 is 17.7 Å². The Balaban J connectivity index is 2.84. The van der Waals surface area contributed by atoms with E-state index >= 15 is 0 Å². The summed E-state index contributed by atoms with van der Waals surface area (Å²) in [7, 11) is 1.36. The van der Waals surface area contributed by atoms with Crippen LogP contribution in [0.1, 0.15) is 10.4 Å². The SMILES string of the molecule is COC(=O)c1ccccc1SCC#CN. The summed E-state index contributed by atoms with van der Waals surface area (Å²) >= 11 is 1.46. The molecule has 0 aliphatic heterocycles. The lowest BCUT2D eigenvalue weighted by molar-refractivity contribution is 0.0597. The molecule has 0 saturated heterocycles. The van der Waals surface area contributed by atoms with Crippen LogP contribution in [-0.2, 0) is 4.74 Å². The van der Waals surface area contributed by atoms with E-state index in [1.54, 1.807) is 12.1 Å². The Morgan fingerprint density at radius 3 is 2.93 bits per heavy atom. The third-order valence-corrected chi connectivity index (χ3v) is 2.65. The van der Waals surface area contributed by atoms with Crippen LogP contribution in [-0.4, -0.2) is 18.8 Å². The van der Waals surface area contributed by atoms with E-state index in [-0.39, 0.29) is 5.97 Å². The highest BCUT2D eigenvalue weighted by Crippen LogP contribution is 2.22. The monoisotopic (exact) mass is 221 g/mol. The van der Waals surface area contributed by atoms with Gasteiger partial charge in [-0.25, -0.2) is 4.79 Å². The van der Waals surface area contributed by atoms with Gasteiger partial charge in [-0.3, -0.25) is 0 Å². The molecule has 0 heterocycles. The number of carbonyl (C=O) groups is 1. The largest absolute Gasteiger partial charge is 0.465 e. The molecule has 0 amide bonds. The maximum atomic E-state index is 11.4. The molecule has 78 valence electrons. The first kappa shape index (κ1) is 11.5. The van der Waals surface area contributed by atoms with E-state index in [0.717, 1.165) is 4.90 Å². The van der Waals surface area contributed by atoms with Crippen LogP contribution in [0, 0.1) is 12.0 Å². The van der Waals surface area contributed by atoms with Gasteiger partial charge in [0.1, 0.15) is 0 Å². The zero-order valence-corrected chi connectivity index (χ0v) is 9.14. The molecule has 0 saturated carbocycles. The molecule has 3 nitrogen and oxygen atoms in total. The molecule has 1 aromatic rings. The van der Waals surface area contributed by atoms with Gasteiger partial charge in [-0.1, -0.05) is 18.1 Å². The van der Waals surface area contributed by atoms with Crippen molar-refractivity contribution < 1.29 is 9.53 Å². The topological polar surface area (TPSA) is 52.3 Å². The number of nitrogens with two attached hydrogens (primary N) is 1. The third-order valence-electron chi connectivity index (χ3n) is 1.69. The predicted octanol–water partition coefficient (Wildman–Crippen LogP) is 1.48. The standard InChI is InChI=1S/C11H11NO2S/c1-14-11(13)9-5-2-3-6-10(9)15-8-4-7-12/h2-3,5-6H,8,12H2,1H3. The van der Waals surface area contributed by atoms with Gasteiger partial charge < -0.3 is 10.5 Å². The average molecular weight is 221 g/mol. The zero-order valence-electron chi connectivity index (χ0n) is 8.32. The third kappa shape index (κ3) is 3.22. The molecular formula is C11H11NO2S. The van der Waals surface area contributed by atoms with Crippen LogP contribution in [0.4, 0.5) is 0 Å². The Morgan fingerprint density at radius 2 is 2.27 bits per heavy atom. The van der Waals surface area contributed by atoms with Gasteiger partial charge >= 0.3 is 5.97 Å². The summed E-state index contributed by atoms with van der Waals surface area (Å²) in [5.41, 5.74) is 5.61. The number of hydrogen-bond donors (Lipinski definition) is 1. The molecule has 0 unspecified atom stereocenters. The fourth-order valence-electron chi connectivity index (χ4n) is 1.03. The zero-order chi connectivity index (χ0) is 11.1. The maximum Gasteiger partial charge on any atom is 0.338 e. The second-order valence-corrected chi connectivity index (χ2v) is 3.61. The highest BCUT2D eigenvalue weighted by atomic mass is 32.2. The van der Waals surface area contributed by atoms with E-state index in [9.17, 15) is 4.79 Å². The lowest BCUT2D eigenvalue weighted by Gasteiger charge is -2.04. The number of benzene rings is 1. The molecule has 15 heavy (non-hydrogen) atoms. The van der Waals surface area contributed by atoms with Gasteiger partial charge in [0, 0.05) is 10.9 Å². The van der Waals surface area contributed by atoms with Gasteiger partial charge in [0.2, 0.25) is 0 Å². The first-order chi connectivity index (χ1) is 7.29. The highest BCUT2D eigenvalue weighted by molar-refractivity contribution is 7.99. The molecule has 0 bridgehead atoms. The van der Waals surface area contributed by atoms with Crippen molar-refractivity contribution in [3.8, 4) is 12.0 Å². The van der Waals surface area contributed by atoms with Gasteiger partial charge in [-0.2, -0.15) is 0 Å². The molecular weight excluding hydrogens is 210 g/mol. The van der Waals surface area contributed by atoms with E-state index < -0.39 is 0 Å². The van der Waals surface area contributed by atoms with E-state index in [2.05, 4.69) is 16.7 Å². The summed E-state index contributed by atoms with van der Waals surface area (Å²) in [5.74, 6) is 2.95. The van der Waals surface area contributed by atoms with Crippen LogP contribution >= 0.6 is 11.8 Å². The molecule has 0 aliphatic carbocycles. The minimum absolute atomic E-state index is 0.334. The molecule has 1 rings (SSSR count). The van der Waals surface area contributed by atoms with Crippen molar-refractivity contribution in [1.82, 2.24) is 0 Å².